The van der Waals surface area contributed by atoms with E-state index in [1.54, 1.807) is 11.9 Å². The van der Waals surface area contributed by atoms with Gasteiger partial charge in [0, 0.05) is 7.05 Å². The van der Waals surface area contributed by atoms with Crippen molar-refractivity contribution in [3.8, 4) is 0 Å². The Morgan fingerprint density at radius 2 is 2.67 bits per heavy atom. The van der Waals surface area contributed by atoms with Crippen LogP contribution in [-0.2, 0) is 0 Å². The zero-order valence-electron chi connectivity index (χ0n) is 5.20. The van der Waals surface area contributed by atoms with Crippen LogP contribution in [0.2, 0.25) is 0 Å². The van der Waals surface area contributed by atoms with E-state index >= 15 is 0 Å². The third kappa shape index (κ3) is 0.904. The molecule has 0 aromatic rings. The smallest absolute Gasteiger partial charge is 0.215 e. The summed E-state index contributed by atoms with van der Waals surface area (Å²) in [7, 11) is 1.76. The molecule has 5 nitrogen and oxygen atoms in total. The third-order valence-electron chi connectivity index (χ3n) is 1.33. The number of guanidine groups is 1. The van der Waals surface area contributed by atoms with Crippen LogP contribution in [-0.4, -0.2) is 35.8 Å². The summed E-state index contributed by atoms with van der Waals surface area (Å²) in [6, 6.07) is 0. The van der Waals surface area contributed by atoms with E-state index in [-0.39, 0.29) is 12.8 Å². The molecule has 1 aliphatic heterocycles. The molecule has 0 fully saturated rings. The van der Waals surface area contributed by atoms with E-state index in [9.17, 15) is 0 Å². The largest absolute Gasteiger partial charge is 0.392 e. The topological polar surface area (TPSA) is 73.9 Å². The maximum absolute atomic E-state index is 8.62. The van der Waals surface area contributed by atoms with Gasteiger partial charge in [0.2, 0.25) is 5.96 Å². The predicted octanol–water partition coefficient (Wildman–Crippen LogP) is -1.93. The van der Waals surface area contributed by atoms with Gasteiger partial charge in [-0.2, -0.15) is 0 Å². The van der Waals surface area contributed by atoms with Crippen LogP contribution in [0, 0.1) is 0 Å². The van der Waals surface area contributed by atoms with E-state index < -0.39 is 0 Å². The van der Waals surface area contributed by atoms with E-state index in [0.717, 1.165) is 0 Å². The molecule has 0 amide bonds. The molecule has 0 saturated carbocycles. The van der Waals surface area contributed by atoms with Crippen LogP contribution in [0.5, 0.6) is 0 Å². The van der Waals surface area contributed by atoms with Crippen LogP contribution >= 0.6 is 0 Å². The molecule has 5 heteroatoms. The highest BCUT2D eigenvalue weighted by atomic mass is 16.3. The number of nitrogens with one attached hydrogen (secondary N) is 1. The molecule has 0 aromatic carbocycles. The molecule has 9 heavy (non-hydrogen) atoms. The monoisotopic (exact) mass is 130 g/mol. The second-order valence-electron chi connectivity index (χ2n) is 1.91. The van der Waals surface area contributed by atoms with Crippen molar-refractivity contribution < 1.29 is 5.11 Å². The van der Waals surface area contributed by atoms with Crippen LogP contribution in [0.3, 0.4) is 0 Å². The highest BCUT2D eigenvalue weighted by Gasteiger charge is 2.19. The summed E-state index contributed by atoms with van der Waals surface area (Å²) < 4.78 is 0. The van der Waals surface area contributed by atoms with Crippen LogP contribution < -0.4 is 11.2 Å². The molecule has 0 aliphatic carbocycles. The lowest BCUT2D eigenvalue weighted by Gasteiger charge is -2.17. The highest BCUT2D eigenvalue weighted by Crippen LogP contribution is 1.96. The second-order valence-corrected chi connectivity index (χ2v) is 1.91. The van der Waals surface area contributed by atoms with Gasteiger partial charge in [0.1, 0.15) is 6.17 Å². The van der Waals surface area contributed by atoms with Crippen molar-refractivity contribution in [1.29, 1.82) is 0 Å². The third-order valence-corrected chi connectivity index (χ3v) is 1.33. The standard InChI is InChI=1S/C4H10N4O/c1-8-3(2-9)6-7-4(8)5/h3,6,9H,2H2,1H3,(H2,5,7). The van der Waals surface area contributed by atoms with Crippen LogP contribution in [0.25, 0.3) is 0 Å². The quantitative estimate of drug-likeness (QED) is 0.386. The second kappa shape index (κ2) is 2.10. The molecule has 1 aliphatic rings. The van der Waals surface area contributed by atoms with E-state index in [1.807, 2.05) is 0 Å². The number of aliphatic hydroxyl groups excluding tert-OH is 1. The van der Waals surface area contributed by atoms with E-state index in [4.69, 9.17) is 10.8 Å². The van der Waals surface area contributed by atoms with Crippen molar-refractivity contribution in [3.05, 3.63) is 0 Å². The molecule has 4 N–H and O–H groups in total. The minimum atomic E-state index is -0.148. The van der Waals surface area contributed by atoms with Crippen LogP contribution in [0.15, 0.2) is 5.10 Å². The lowest BCUT2D eigenvalue weighted by atomic mass is 10.5. The molecule has 1 atom stereocenters. The number of likely N-dealkylation sites (N-methyl/N-ethyl adjacent to an activating group) is 1. The minimum absolute atomic E-state index is 0.0146. The zero-order valence-corrected chi connectivity index (χ0v) is 5.20. The summed E-state index contributed by atoms with van der Waals surface area (Å²) >= 11 is 0. The molecule has 0 saturated heterocycles. The van der Waals surface area contributed by atoms with Gasteiger partial charge in [0.05, 0.1) is 6.61 Å². The zero-order chi connectivity index (χ0) is 6.85. The number of nitrogens with two attached hydrogens (primary N) is 1. The van der Waals surface area contributed by atoms with Gasteiger partial charge in [0.15, 0.2) is 0 Å². The van der Waals surface area contributed by atoms with Gasteiger partial charge in [-0.25, -0.2) is 0 Å². The lowest BCUT2D eigenvalue weighted by molar-refractivity contribution is 0.186. The summed E-state index contributed by atoms with van der Waals surface area (Å²) in [5.74, 6) is 0.411. The number of hydrazone groups is 1. The minimum Gasteiger partial charge on any atom is -0.392 e. The summed E-state index contributed by atoms with van der Waals surface area (Å²) in [6.07, 6.45) is -0.148. The molecule has 1 heterocycles. The van der Waals surface area contributed by atoms with E-state index in [0.29, 0.717) is 5.96 Å². The van der Waals surface area contributed by atoms with Crippen LogP contribution in [0.1, 0.15) is 0 Å². The average molecular weight is 130 g/mol. The highest BCUT2D eigenvalue weighted by molar-refractivity contribution is 5.79. The molecular formula is C4H10N4O. The summed E-state index contributed by atoms with van der Waals surface area (Å²) in [5, 5.41) is 12.3. The summed E-state index contributed by atoms with van der Waals surface area (Å²) in [4.78, 5) is 1.67. The Morgan fingerprint density at radius 3 is 2.89 bits per heavy atom. The fourth-order valence-electron chi connectivity index (χ4n) is 0.629. The number of hydrogen-bond acceptors (Lipinski definition) is 5. The first kappa shape index (κ1) is 6.15. The molecule has 0 bridgehead atoms. The fraction of sp³-hybridized carbons (Fsp3) is 0.750. The normalized spacial score (nSPS) is 25.8. The molecule has 0 aromatic heterocycles. The Hall–Kier alpha value is -0.970. The van der Waals surface area contributed by atoms with Gasteiger partial charge in [-0.3, -0.25) is 5.43 Å². The summed E-state index contributed by atoms with van der Waals surface area (Å²) in [5.41, 5.74) is 7.99. The average Bonchev–Trinajstić information content (AvgIpc) is 2.15. The van der Waals surface area contributed by atoms with Crippen molar-refractivity contribution >= 4 is 5.96 Å². The number of aliphatic hydroxyl groups is 1. The molecule has 1 unspecified atom stereocenters. The van der Waals surface area contributed by atoms with Gasteiger partial charge in [0.25, 0.3) is 0 Å². The van der Waals surface area contributed by atoms with Gasteiger partial charge >= 0.3 is 0 Å². The van der Waals surface area contributed by atoms with Crippen molar-refractivity contribution in [2.75, 3.05) is 13.7 Å². The lowest BCUT2D eigenvalue weighted by Crippen LogP contribution is -2.42. The molecule has 52 valence electrons. The first-order chi connectivity index (χ1) is 4.25. The number of rotatable bonds is 1. The predicted molar refractivity (Wildman–Crippen MR) is 33.4 cm³/mol. The van der Waals surface area contributed by atoms with Crippen molar-refractivity contribution in [3.63, 3.8) is 0 Å². The first-order valence-corrected chi connectivity index (χ1v) is 2.68. The Labute approximate surface area is 53.1 Å². The molecule has 1 rings (SSSR count). The van der Waals surface area contributed by atoms with Crippen molar-refractivity contribution in [1.82, 2.24) is 10.3 Å². The fourth-order valence-corrected chi connectivity index (χ4v) is 0.629. The number of hydrogen-bond donors (Lipinski definition) is 3. The van der Waals surface area contributed by atoms with Crippen molar-refractivity contribution in [2.24, 2.45) is 10.8 Å². The van der Waals surface area contributed by atoms with Gasteiger partial charge in [-0.05, 0) is 0 Å². The van der Waals surface area contributed by atoms with Gasteiger partial charge < -0.3 is 15.7 Å². The SMILES string of the molecule is CN1C(N)=NNC1CO. The maximum atomic E-state index is 8.62. The van der Waals surface area contributed by atoms with Crippen molar-refractivity contribution in [2.45, 2.75) is 6.17 Å². The Morgan fingerprint density at radius 1 is 2.00 bits per heavy atom. The van der Waals surface area contributed by atoms with Crippen LogP contribution in [0.4, 0.5) is 0 Å². The molecule has 0 radical (unpaired) electrons. The first-order valence-electron chi connectivity index (χ1n) is 2.68. The van der Waals surface area contributed by atoms with Gasteiger partial charge in [-0.1, -0.05) is 0 Å². The van der Waals surface area contributed by atoms with Gasteiger partial charge in [-0.15, -0.1) is 5.10 Å². The Bertz CT molecular complexity index is 135. The molecular weight excluding hydrogens is 120 g/mol. The van der Waals surface area contributed by atoms with E-state index in [1.165, 1.54) is 0 Å². The maximum Gasteiger partial charge on any atom is 0.215 e. The van der Waals surface area contributed by atoms with E-state index in [2.05, 4.69) is 10.5 Å². The molecule has 0 spiro atoms. The Balaban J connectivity index is 2.51. The Kier molecular flexibility index (Phi) is 1.44. The number of nitrogens with zero attached hydrogens (tertiary/aromatic N) is 2. The summed E-state index contributed by atoms with van der Waals surface area (Å²) in [6.45, 7) is 0.0146.